The van der Waals surface area contributed by atoms with Crippen LogP contribution in [0.1, 0.15) is 12.8 Å². The number of amides is 1. The van der Waals surface area contributed by atoms with Gasteiger partial charge in [-0.25, -0.2) is 17.9 Å². The van der Waals surface area contributed by atoms with Gasteiger partial charge in [-0.3, -0.25) is 0 Å². The first-order valence-corrected chi connectivity index (χ1v) is 9.40. The molecule has 3 rings (SSSR count). The topological polar surface area (TPSA) is 86.7 Å². The lowest BCUT2D eigenvalue weighted by atomic mass is 9.97. The number of nitrogens with one attached hydrogen (secondary N) is 1. The number of sulfonamides is 1. The summed E-state index contributed by atoms with van der Waals surface area (Å²) in [7, 11) is -3.56. The van der Waals surface area contributed by atoms with E-state index in [4.69, 9.17) is 5.11 Å². The molecule has 24 heavy (non-hydrogen) atoms. The van der Waals surface area contributed by atoms with Crippen LogP contribution in [-0.4, -0.2) is 44.2 Å². The molecule has 1 aliphatic heterocycles. The Morgan fingerprint density at radius 2 is 1.79 bits per heavy atom. The molecule has 6 nitrogen and oxygen atoms in total. The molecule has 1 amide bonds. The molecule has 1 fully saturated rings. The Bertz CT molecular complexity index is 843. The standard InChI is InChI=1S/C17H20N2O4S/c20-17(21)19-9-7-13(8-10-19)12-18-24(22,23)16-6-5-14-3-1-2-4-15(14)11-16/h1-6,11,13,18H,7-10,12H2,(H,20,21). The first-order chi connectivity index (χ1) is 11.5. The molecular formula is C17H20N2O4S. The van der Waals surface area contributed by atoms with Crippen LogP contribution in [0.2, 0.25) is 0 Å². The van der Waals surface area contributed by atoms with Crippen LogP contribution in [0.4, 0.5) is 4.79 Å². The van der Waals surface area contributed by atoms with Gasteiger partial charge in [-0.1, -0.05) is 30.3 Å². The molecule has 0 atom stereocenters. The molecule has 0 aliphatic carbocycles. The normalized spacial score (nSPS) is 16.4. The number of nitrogens with zero attached hydrogens (tertiary/aromatic N) is 1. The highest BCUT2D eigenvalue weighted by atomic mass is 32.2. The number of carbonyl (C=O) groups is 1. The molecule has 0 saturated carbocycles. The minimum Gasteiger partial charge on any atom is -0.465 e. The summed E-state index contributed by atoms with van der Waals surface area (Å²) < 4.78 is 27.6. The molecule has 128 valence electrons. The molecule has 2 aromatic rings. The number of benzene rings is 2. The Kier molecular flexibility index (Phi) is 4.73. The van der Waals surface area contributed by atoms with Crippen LogP contribution >= 0.6 is 0 Å². The predicted molar refractivity (Wildman–Crippen MR) is 91.5 cm³/mol. The summed E-state index contributed by atoms with van der Waals surface area (Å²) in [6.45, 7) is 1.25. The first-order valence-electron chi connectivity index (χ1n) is 7.92. The fourth-order valence-corrected chi connectivity index (χ4v) is 4.12. The molecule has 1 aliphatic rings. The largest absolute Gasteiger partial charge is 0.465 e. The van der Waals surface area contributed by atoms with Gasteiger partial charge in [0.05, 0.1) is 4.90 Å². The Balaban J connectivity index is 1.64. The van der Waals surface area contributed by atoms with Crippen LogP contribution in [0.15, 0.2) is 47.4 Å². The lowest BCUT2D eigenvalue weighted by molar-refractivity contribution is 0.125. The van der Waals surface area contributed by atoms with Gasteiger partial charge in [0.15, 0.2) is 0 Å². The number of likely N-dealkylation sites (tertiary alicyclic amines) is 1. The average Bonchev–Trinajstić information content (AvgIpc) is 2.60. The van der Waals surface area contributed by atoms with Crippen LogP contribution in [0.25, 0.3) is 10.8 Å². The molecule has 2 N–H and O–H groups in total. The van der Waals surface area contributed by atoms with Crippen LogP contribution in [-0.2, 0) is 10.0 Å². The Morgan fingerprint density at radius 3 is 2.46 bits per heavy atom. The van der Waals surface area contributed by atoms with E-state index in [9.17, 15) is 13.2 Å². The number of carboxylic acid groups (broad SMARTS) is 1. The van der Waals surface area contributed by atoms with Gasteiger partial charge in [-0.05, 0) is 41.7 Å². The van der Waals surface area contributed by atoms with Gasteiger partial charge in [-0.15, -0.1) is 0 Å². The van der Waals surface area contributed by atoms with Crippen molar-refractivity contribution in [1.29, 1.82) is 0 Å². The number of piperidine rings is 1. The molecule has 1 heterocycles. The van der Waals surface area contributed by atoms with Crippen LogP contribution < -0.4 is 4.72 Å². The van der Waals surface area contributed by atoms with Crippen molar-refractivity contribution >= 4 is 26.9 Å². The summed E-state index contributed by atoms with van der Waals surface area (Å²) in [4.78, 5) is 12.5. The molecule has 2 aromatic carbocycles. The summed E-state index contributed by atoms with van der Waals surface area (Å²) in [5.41, 5.74) is 0. The van der Waals surface area contributed by atoms with Gasteiger partial charge < -0.3 is 10.0 Å². The Hall–Kier alpha value is -2.12. The van der Waals surface area contributed by atoms with E-state index in [1.807, 2.05) is 24.3 Å². The highest BCUT2D eigenvalue weighted by Gasteiger charge is 2.24. The van der Waals surface area contributed by atoms with Gasteiger partial charge in [-0.2, -0.15) is 0 Å². The fourth-order valence-electron chi connectivity index (χ4n) is 2.97. The average molecular weight is 348 g/mol. The molecule has 0 bridgehead atoms. The van der Waals surface area contributed by atoms with Gasteiger partial charge in [0.25, 0.3) is 0 Å². The third kappa shape index (κ3) is 3.68. The predicted octanol–water partition coefficient (Wildman–Crippen LogP) is 2.51. The van der Waals surface area contributed by atoms with Crippen molar-refractivity contribution < 1.29 is 18.3 Å². The van der Waals surface area contributed by atoms with Crippen molar-refractivity contribution in [3.8, 4) is 0 Å². The smallest absolute Gasteiger partial charge is 0.407 e. The highest BCUT2D eigenvalue weighted by molar-refractivity contribution is 7.89. The van der Waals surface area contributed by atoms with Gasteiger partial charge in [0, 0.05) is 19.6 Å². The molecule has 0 radical (unpaired) electrons. The van der Waals surface area contributed by atoms with E-state index >= 15 is 0 Å². The summed E-state index contributed by atoms with van der Waals surface area (Å²) in [6, 6.07) is 12.7. The number of fused-ring (bicyclic) bond motifs is 1. The first kappa shape index (κ1) is 16.7. The molecular weight excluding hydrogens is 328 g/mol. The van der Waals surface area contributed by atoms with Crippen molar-refractivity contribution in [3.63, 3.8) is 0 Å². The number of rotatable bonds is 4. The summed E-state index contributed by atoms with van der Waals surface area (Å²) in [5, 5.41) is 10.8. The molecule has 0 aromatic heterocycles. The maximum Gasteiger partial charge on any atom is 0.407 e. The number of hydrogen-bond acceptors (Lipinski definition) is 3. The SMILES string of the molecule is O=C(O)N1CCC(CNS(=O)(=O)c2ccc3ccccc3c2)CC1. The zero-order valence-corrected chi connectivity index (χ0v) is 14.0. The van der Waals surface area contributed by atoms with Gasteiger partial charge in [0.1, 0.15) is 0 Å². The van der Waals surface area contributed by atoms with E-state index in [0.717, 1.165) is 10.8 Å². The fraction of sp³-hybridized carbons (Fsp3) is 0.353. The zero-order chi connectivity index (χ0) is 17.2. The summed E-state index contributed by atoms with van der Waals surface area (Å²) in [5.74, 6) is 0.163. The Morgan fingerprint density at radius 1 is 1.12 bits per heavy atom. The highest BCUT2D eigenvalue weighted by Crippen LogP contribution is 2.20. The molecule has 1 saturated heterocycles. The quantitative estimate of drug-likeness (QED) is 0.889. The van der Waals surface area contributed by atoms with Crippen molar-refractivity contribution in [2.75, 3.05) is 19.6 Å². The van der Waals surface area contributed by atoms with Crippen molar-refractivity contribution in [1.82, 2.24) is 9.62 Å². The van der Waals surface area contributed by atoms with Gasteiger partial charge in [0.2, 0.25) is 10.0 Å². The van der Waals surface area contributed by atoms with Crippen LogP contribution in [0.3, 0.4) is 0 Å². The maximum absolute atomic E-state index is 12.5. The molecule has 7 heteroatoms. The molecule has 0 spiro atoms. The van der Waals surface area contributed by atoms with E-state index in [2.05, 4.69) is 4.72 Å². The second-order valence-electron chi connectivity index (χ2n) is 6.07. The monoisotopic (exact) mass is 348 g/mol. The minimum absolute atomic E-state index is 0.163. The van der Waals surface area contributed by atoms with Crippen LogP contribution in [0, 0.1) is 5.92 Å². The third-order valence-corrected chi connectivity index (χ3v) is 5.90. The van der Waals surface area contributed by atoms with E-state index in [1.165, 1.54) is 4.90 Å². The van der Waals surface area contributed by atoms with Crippen LogP contribution in [0.5, 0.6) is 0 Å². The zero-order valence-electron chi connectivity index (χ0n) is 13.2. The van der Waals surface area contributed by atoms with Crippen molar-refractivity contribution in [2.45, 2.75) is 17.7 Å². The summed E-state index contributed by atoms with van der Waals surface area (Å²) >= 11 is 0. The maximum atomic E-state index is 12.5. The lowest BCUT2D eigenvalue weighted by Gasteiger charge is -2.29. The third-order valence-electron chi connectivity index (χ3n) is 4.48. The summed E-state index contributed by atoms with van der Waals surface area (Å²) in [6.07, 6.45) is 0.434. The van der Waals surface area contributed by atoms with E-state index < -0.39 is 16.1 Å². The van der Waals surface area contributed by atoms with E-state index in [1.54, 1.807) is 18.2 Å². The van der Waals surface area contributed by atoms with Gasteiger partial charge >= 0.3 is 6.09 Å². The van der Waals surface area contributed by atoms with E-state index in [-0.39, 0.29) is 10.8 Å². The van der Waals surface area contributed by atoms with E-state index in [0.29, 0.717) is 32.5 Å². The second kappa shape index (κ2) is 6.78. The van der Waals surface area contributed by atoms with Crippen molar-refractivity contribution in [2.24, 2.45) is 5.92 Å². The second-order valence-corrected chi connectivity index (χ2v) is 7.84. The number of hydrogen-bond donors (Lipinski definition) is 2. The minimum atomic E-state index is -3.56. The Labute approximate surface area is 141 Å². The molecule has 0 unspecified atom stereocenters. The lowest BCUT2D eigenvalue weighted by Crippen LogP contribution is -2.40. The van der Waals surface area contributed by atoms with Crippen molar-refractivity contribution in [3.05, 3.63) is 42.5 Å².